The molecule has 26 heavy (non-hydrogen) atoms. The molecule has 1 amide bonds. The van der Waals surface area contributed by atoms with Crippen LogP contribution >= 0.6 is 22.9 Å². The van der Waals surface area contributed by atoms with Gasteiger partial charge in [-0.1, -0.05) is 60.1 Å². The average molecular weight is 385 g/mol. The number of nitrogens with zero attached hydrogens (tertiary/aromatic N) is 1. The van der Waals surface area contributed by atoms with Crippen molar-refractivity contribution in [1.82, 2.24) is 10.2 Å². The summed E-state index contributed by atoms with van der Waals surface area (Å²) in [5.74, 6) is -0.0867. The molecule has 1 unspecified atom stereocenters. The summed E-state index contributed by atoms with van der Waals surface area (Å²) in [4.78, 5) is 15.8. The summed E-state index contributed by atoms with van der Waals surface area (Å²) in [5, 5.41) is 4.63. The van der Waals surface area contributed by atoms with E-state index in [0.29, 0.717) is 16.4 Å². The Labute approximate surface area is 162 Å². The number of benzene rings is 2. The first-order valence-corrected chi connectivity index (χ1v) is 10.2. The van der Waals surface area contributed by atoms with Crippen LogP contribution in [0.4, 0.5) is 0 Å². The Morgan fingerprint density at radius 1 is 1.08 bits per heavy atom. The van der Waals surface area contributed by atoms with Crippen molar-refractivity contribution < 1.29 is 4.79 Å². The van der Waals surface area contributed by atoms with Crippen LogP contribution in [0, 0.1) is 0 Å². The molecule has 0 spiro atoms. The van der Waals surface area contributed by atoms with Gasteiger partial charge in [-0.2, -0.15) is 0 Å². The highest BCUT2D eigenvalue weighted by Gasteiger charge is 2.25. The summed E-state index contributed by atoms with van der Waals surface area (Å²) >= 11 is 7.90. The van der Waals surface area contributed by atoms with Gasteiger partial charge in [-0.25, -0.2) is 0 Å². The van der Waals surface area contributed by atoms with Gasteiger partial charge in [0.05, 0.1) is 11.1 Å². The zero-order chi connectivity index (χ0) is 17.9. The first-order valence-electron chi connectivity index (χ1n) is 8.98. The van der Waals surface area contributed by atoms with Crippen LogP contribution < -0.4 is 5.32 Å². The van der Waals surface area contributed by atoms with Crippen LogP contribution in [0.15, 0.2) is 54.6 Å². The third-order valence-corrected chi connectivity index (χ3v) is 6.64. The van der Waals surface area contributed by atoms with Gasteiger partial charge in [0.15, 0.2) is 0 Å². The normalized spacial score (nSPS) is 16.0. The summed E-state index contributed by atoms with van der Waals surface area (Å²) in [5.41, 5.74) is 1.25. The van der Waals surface area contributed by atoms with Crippen molar-refractivity contribution in [2.45, 2.75) is 18.9 Å². The zero-order valence-corrected chi connectivity index (χ0v) is 16.0. The highest BCUT2D eigenvalue weighted by atomic mass is 35.5. The summed E-state index contributed by atoms with van der Waals surface area (Å²) < 4.78 is 1.04. The third kappa shape index (κ3) is 3.50. The first kappa shape index (κ1) is 17.5. The summed E-state index contributed by atoms with van der Waals surface area (Å²) in [7, 11) is 0. The van der Waals surface area contributed by atoms with Crippen LogP contribution in [0.1, 0.15) is 34.1 Å². The van der Waals surface area contributed by atoms with E-state index in [1.807, 2.05) is 30.3 Å². The van der Waals surface area contributed by atoms with Gasteiger partial charge in [0, 0.05) is 16.6 Å². The van der Waals surface area contributed by atoms with Gasteiger partial charge in [0.25, 0.3) is 5.91 Å². The van der Waals surface area contributed by atoms with Crippen molar-refractivity contribution in [1.29, 1.82) is 0 Å². The molecule has 5 heteroatoms. The number of hydrogen-bond donors (Lipinski definition) is 1. The number of likely N-dealkylation sites (tertiary alicyclic amines) is 1. The number of carbonyl (C=O) groups excluding carboxylic acids is 1. The van der Waals surface area contributed by atoms with Gasteiger partial charge in [0.1, 0.15) is 4.88 Å². The molecule has 1 N–H and O–H groups in total. The van der Waals surface area contributed by atoms with E-state index < -0.39 is 0 Å². The SMILES string of the molecule is O=C(NCC(c1ccccc1)N1CCCC1)c1sc2ccccc2c1Cl. The monoisotopic (exact) mass is 384 g/mol. The molecule has 0 bridgehead atoms. The van der Waals surface area contributed by atoms with Crippen molar-refractivity contribution in [3.63, 3.8) is 0 Å². The lowest BCUT2D eigenvalue weighted by molar-refractivity contribution is 0.0942. The quantitative estimate of drug-likeness (QED) is 0.662. The van der Waals surface area contributed by atoms with Crippen LogP contribution in [-0.2, 0) is 0 Å². The molecule has 1 aliphatic rings. The molecular weight excluding hydrogens is 364 g/mol. The minimum Gasteiger partial charge on any atom is -0.349 e. The lowest BCUT2D eigenvalue weighted by atomic mass is 10.1. The predicted molar refractivity (Wildman–Crippen MR) is 109 cm³/mol. The Hall–Kier alpha value is -1.88. The molecule has 2 aromatic carbocycles. The van der Waals surface area contributed by atoms with Crippen LogP contribution in [0.5, 0.6) is 0 Å². The summed E-state index contributed by atoms with van der Waals surface area (Å²) in [6, 6.07) is 18.5. The smallest absolute Gasteiger partial charge is 0.262 e. The van der Waals surface area contributed by atoms with Crippen LogP contribution in [0.2, 0.25) is 5.02 Å². The van der Waals surface area contributed by atoms with E-state index in [1.54, 1.807) is 0 Å². The van der Waals surface area contributed by atoms with Gasteiger partial charge >= 0.3 is 0 Å². The molecule has 0 radical (unpaired) electrons. The van der Waals surface area contributed by atoms with Crippen molar-refractivity contribution in [2.75, 3.05) is 19.6 Å². The van der Waals surface area contributed by atoms with E-state index >= 15 is 0 Å². The molecule has 0 aliphatic carbocycles. The van der Waals surface area contributed by atoms with E-state index in [2.05, 4.69) is 34.5 Å². The molecule has 1 atom stereocenters. The topological polar surface area (TPSA) is 32.3 Å². The largest absolute Gasteiger partial charge is 0.349 e. The second-order valence-electron chi connectivity index (χ2n) is 6.62. The fourth-order valence-corrected chi connectivity index (χ4v) is 5.05. The third-order valence-electron chi connectivity index (χ3n) is 4.96. The molecule has 134 valence electrons. The molecular formula is C21H21ClN2OS. The molecule has 3 aromatic rings. The Kier molecular flexibility index (Phi) is 5.25. The molecule has 1 saturated heterocycles. The van der Waals surface area contributed by atoms with E-state index in [-0.39, 0.29) is 11.9 Å². The standard InChI is InChI=1S/C21H21ClN2OS/c22-19-16-10-4-5-11-18(16)26-20(19)21(25)23-14-17(24-12-6-7-13-24)15-8-2-1-3-9-15/h1-5,8-11,17H,6-7,12-14H2,(H,23,25). The first-order chi connectivity index (χ1) is 12.7. The molecule has 3 nitrogen and oxygen atoms in total. The number of rotatable bonds is 5. The molecule has 1 aliphatic heterocycles. The molecule has 1 aromatic heterocycles. The maximum absolute atomic E-state index is 12.8. The van der Waals surface area contributed by atoms with E-state index in [4.69, 9.17) is 11.6 Å². The van der Waals surface area contributed by atoms with E-state index in [9.17, 15) is 4.79 Å². The maximum Gasteiger partial charge on any atom is 0.262 e. The lowest BCUT2D eigenvalue weighted by Crippen LogP contribution is -2.36. The highest BCUT2D eigenvalue weighted by molar-refractivity contribution is 7.21. The van der Waals surface area contributed by atoms with Crippen LogP contribution in [-0.4, -0.2) is 30.4 Å². The van der Waals surface area contributed by atoms with Crippen molar-refractivity contribution in [3.8, 4) is 0 Å². The molecule has 1 fully saturated rings. The molecule has 2 heterocycles. The van der Waals surface area contributed by atoms with Crippen LogP contribution in [0.3, 0.4) is 0 Å². The predicted octanol–water partition coefficient (Wildman–Crippen LogP) is 5.12. The lowest BCUT2D eigenvalue weighted by Gasteiger charge is -2.28. The average Bonchev–Trinajstić information content (AvgIpc) is 3.32. The fourth-order valence-electron chi connectivity index (χ4n) is 3.62. The number of amides is 1. The minimum absolute atomic E-state index is 0.0867. The van der Waals surface area contributed by atoms with E-state index in [0.717, 1.165) is 23.2 Å². The van der Waals surface area contributed by atoms with Gasteiger partial charge < -0.3 is 5.32 Å². The maximum atomic E-state index is 12.8. The van der Waals surface area contributed by atoms with Crippen LogP contribution in [0.25, 0.3) is 10.1 Å². The molecule has 4 rings (SSSR count). The Balaban J connectivity index is 1.53. The van der Waals surface area contributed by atoms with E-state index in [1.165, 1.54) is 29.7 Å². The van der Waals surface area contributed by atoms with Gasteiger partial charge in [-0.15, -0.1) is 11.3 Å². The Morgan fingerprint density at radius 2 is 1.77 bits per heavy atom. The number of hydrogen-bond acceptors (Lipinski definition) is 3. The van der Waals surface area contributed by atoms with Gasteiger partial charge in [0.2, 0.25) is 0 Å². The summed E-state index contributed by atoms with van der Waals surface area (Å²) in [6.45, 7) is 2.76. The second kappa shape index (κ2) is 7.78. The van der Waals surface area contributed by atoms with Gasteiger partial charge in [-0.05, 0) is 37.6 Å². The summed E-state index contributed by atoms with van der Waals surface area (Å²) in [6.07, 6.45) is 2.44. The number of fused-ring (bicyclic) bond motifs is 1. The molecule has 0 saturated carbocycles. The minimum atomic E-state index is -0.0867. The van der Waals surface area contributed by atoms with Crippen molar-refractivity contribution >= 4 is 38.9 Å². The highest BCUT2D eigenvalue weighted by Crippen LogP contribution is 2.35. The number of carbonyl (C=O) groups is 1. The number of thiophene rings is 1. The van der Waals surface area contributed by atoms with Crippen molar-refractivity contribution in [2.24, 2.45) is 0 Å². The second-order valence-corrected chi connectivity index (χ2v) is 8.05. The number of nitrogens with one attached hydrogen (secondary N) is 1. The van der Waals surface area contributed by atoms with Gasteiger partial charge in [-0.3, -0.25) is 9.69 Å². The Bertz CT molecular complexity index is 903. The number of halogens is 1. The van der Waals surface area contributed by atoms with Crippen molar-refractivity contribution in [3.05, 3.63) is 70.1 Å². The zero-order valence-electron chi connectivity index (χ0n) is 14.5. The Morgan fingerprint density at radius 3 is 2.50 bits per heavy atom. The fraction of sp³-hybridized carbons (Fsp3) is 0.286.